The van der Waals surface area contributed by atoms with Crippen molar-refractivity contribution in [1.82, 2.24) is 14.7 Å². The van der Waals surface area contributed by atoms with E-state index in [2.05, 4.69) is 27.8 Å². The smallest absolute Gasteiger partial charge is 0.0558 e. The minimum Gasteiger partial charge on any atom is -0.384 e. The van der Waals surface area contributed by atoms with E-state index in [-0.39, 0.29) is 0 Å². The largest absolute Gasteiger partial charge is 0.384 e. The fourth-order valence-electron chi connectivity index (χ4n) is 3.12. The number of nitrogens with zero attached hydrogens (tertiary/aromatic N) is 3. The van der Waals surface area contributed by atoms with Gasteiger partial charge < -0.3 is 4.74 Å². The van der Waals surface area contributed by atoms with Crippen molar-refractivity contribution in [2.24, 2.45) is 5.92 Å². The predicted molar refractivity (Wildman–Crippen MR) is 70.5 cm³/mol. The molecule has 1 saturated carbocycles. The van der Waals surface area contributed by atoms with E-state index in [9.17, 15) is 0 Å². The minimum absolute atomic E-state index is 0.486. The Morgan fingerprint density at radius 2 is 2.28 bits per heavy atom. The molecule has 18 heavy (non-hydrogen) atoms. The van der Waals surface area contributed by atoms with Gasteiger partial charge >= 0.3 is 0 Å². The second kappa shape index (κ2) is 5.02. The molecule has 1 atom stereocenters. The zero-order valence-corrected chi connectivity index (χ0v) is 11.4. The van der Waals surface area contributed by atoms with Crippen LogP contribution in [0.4, 0.5) is 0 Å². The van der Waals surface area contributed by atoms with E-state index in [1.165, 1.54) is 30.6 Å². The van der Waals surface area contributed by atoms with Crippen LogP contribution < -0.4 is 0 Å². The van der Waals surface area contributed by atoms with Crippen LogP contribution in [0.5, 0.6) is 0 Å². The molecule has 0 unspecified atom stereocenters. The summed E-state index contributed by atoms with van der Waals surface area (Å²) in [5, 5.41) is 4.51. The van der Waals surface area contributed by atoms with Gasteiger partial charge in [0.2, 0.25) is 0 Å². The lowest BCUT2D eigenvalue weighted by Crippen LogP contribution is -2.37. The second-order valence-corrected chi connectivity index (χ2v) is 5.66. The van der Waals surface area contributed by atoms with Gasteiger partial charge in [-0.05, 0) is 25.7 Å². The Labute approximate surface area is 109 Å². The van der Waals surface area contributed by atoms with Crippen LogP contribution >= 0.6 is 0 Å². The van der Waals surface area contributed by atoms with Crippen molar-refractivity contribution in [2.45, 2.75) is 38.8 Å². The molecular weight excluding hydrogens is 226 g/mol. The maximum absolute atomic E-state index is 5.41. The molecule has 0 amide bonds. The van der Waals surface area contributed by atoms with E-state index in [4.69, 9.17) is 4.74 Å². The number of methoxy groups -OCH3 is 1. The number of hydrogen-bond donors (Lipinski definition) is 0. The lowest BCUT2D eigenvalue weighted by molar-refractivity contribution is 0.133. The van der Waals surface area contributed by atoms with Crippen LogP contribution in [0.3, 0.4) is 0 Å². The first-order chi connectivity index (χ1) is 8.81. The highest BCUT2D eigenvalue weighted by Crippen LogP contribution is 2.34. The van der Waals surface area contributed by atoms with Crippen molar-refractivity contribution < 1.29 is 4.74 Å². The van der Waals surface area contributed by atoms with Gasteiger partial charge in [-0.15, -0.1) is 0 Å². The van der Waals surface area contributed by atoms with Crippen LogP contribution in [-0.2, 0) is 17.8 Å². The number of aromatic nitrogens is 2. The molecule has 1 aliphatic carbocycles. The summed E-state index contributed by atoms with van der Waals surface area (Å²) in [6.45, 7) is 7.39. The third-order valence-electron chi connectivity index (χ3n) is 4.10. The molecule has 0 aromatic carbocycles. The molecule has 0 spiro atoms. The number of hydrogen-bond acceptors (Lipinski definition) is 3. The van der Waals surface area contributed by atoms with E-state index in [0.29, 0.717) is 5.92 Å². The van der Waals surface area contributed by atoms with E-state index in [1.54, 1.807) is 7.11 Å². The topological polar surface area (TPSA) is 30.3 Å². The van der Waals surface area contributed by atoms with Gasteiger partial charge in [-0.1, -0.05) is 0 Å². The van der Waals surface area contributed by atoms with Gasteiger partial charge in [-0.3, -0.25) is 9.58 Å². The summed E-state index contributed by atoms with van der Waals surface area (Å²) in [7, 11) is 1.80. The van der Waals surface area contributed by atoms with Crippen LogP contribution in [0.2, 0.25) is 0 Å². The van der Waals surface area contributed by atoms with E-state index in [0.717, 1.165) is 32.2 Å². The molecule has 3 rings (SSSR count). The average Bonchev–Trinajstić information content (AvgIpc) is 3.07. The van der Waals surface area contributed by atoms with E-state index < -0.39 is 0 Å². The minimum atomic E-state index is 0.486. The summed E-state index contributed by atoms with van der Waals surface area (Å²) in [5.41, 5.74) is 2.82. The Morgan fingerprint density at radius 3 is 2.94 bits per heavy atom. The molecule has 1 fully saturated rings. The monoisotopic (exact) mass is 249 g/mol. The van der Waals surface area contributed by atoms with Crippen molar-refractivity contribution in [3.63, 3.8) is 0 Å². The lowest BCUT2D eigenvalue weighted by atomic mass is 9.96. The molecule has 0 N–H and O–H groups in total. The summed E-state index contributed by atoms with van der Waals surface area (Å²) < 4.78 is 7.55. The Morgan fingerprint density at radius 1 is 1.44 bits per heavy atom. The maximum Gasteiger partial charge on any atom is 0.0558 e. The van der Waals surface area contributed by atoms with Crippen LogP contribution in [0.1, 0.15) is 36.9 Å². The van der Waals surface area contributed by atoms with Gasteiger partial charge in [0.25, 0.3) is 0 Å². The first kappa shape index (κ1) is 12.2. The first-order valence-electron chi connectivity index (χ1n) is 7.07. The summed E-state index contributed by atoms with van der Waals surface area (Å²) in [6, 6.07) is 0. The molecule has 2 heterocycles. The Balaban J connectivity index is 1.80. The summed E-state index contributed by atoms with van der Waals surface area (Å²) in [5.74, 6) is 1.44. The molecule has 1 aromatic rings. The normalized spacial score (nSPS) is 24.2. The molecule has 0 bridgehead atoms. The van der Waals surface area contributed by atoms with Crippen LogP contribution in [0.25, 0.3) is 0 Å². The standard InChI is InChI=1S/C14H23N3O/c1-3-17-14-12(6-15-17)8-16(7-11-4-5-11)9-13(14)10-18-2/h6,11,13H,3-5,7-10H2,1-2H3/t13-/m1/s1. The van der Waals surface area contributed by atoms with Gasteiger partial charge in [0.1, 0.15) is 0 Å². The highest BCUT2D eigenvalue weighted by Gasteiger charge is 2.32. The van der Waals surface area contributed by atoms with Gasteiger partial charge in [-0.2, -0.15) is 5.10 Å². The fraction of sp³-hybridized carbons (Fsp3) is 0.786. The van der Waals surface area contributed by atoms with Crippen LogP contribution in [-0.4, -0.2) is 41.5 Å². The van der Waals surface area contributed by atoms with Crippen molar-refractivity contribution in [2.75, 3.05) is 26.8 Å². The Kier molecular flexibility index (Phi) is 3.39. The SMILES string of the molecule is CCn1ncc2c1[C@@H](COC)CN(CC1CC1)C2. The van der Waals surface area contributed by atoms with Gasteiger partial charge in [-0.25, -0.2) is 0 Å². The van der Waals surface area contributed by atoms with Crippen molar-refractivity contribution in [3.8, 4) is 0 Å². The molecule has 1 aliphatic heterocycles. The highest BCUT2D eigenvalue weighted by molar-refractivity contribution is 5.25. The second-order valence-electron chi connectivity index (χ2n) is 5.66. The molecule has 0 radical (unpaired) electrons. The molecule has 4 nitrogen and oxygen atoms in total. The van der Waals surface area contributed by atoms with Crippen molar-refractivity contribution >= 4 is 0 Å². The Bertz CT molecular complexity index is 411. The zero-order valence-electron chi connectivity index (χ0n) is 11.4. The lowest BCUT2D eigenvalue weighted by Gasteiger charge is -2.33. The maximum atomic E-state index is 5.41. The molecule has 0 saturated heterocycles. The average molecular weight is 249 g/mol. The predicted octanol–water partition coefficient (Wildman–Crippen LogP) is 1.86. The number of fused-ring (bicyclic) bond motifs is 1. The third-order valence-corrected chi connectivity index (χ3v) is 4.10. The molecule has 4 heteroatoms. The van der Waals surface area contributed by atoms with Gasteiger partial charge in [0, 0.05) is 50.5 Å². The molecule has 100 valence electrons. The van der Waals surface area contributed by atoms with E-state index in [1.807, 2.05) is 0 Å². The van der Waals surface area contributed by atoms with Crippen LogP contribution in [0, 0.1) is 5.92 Å². The zero-order chi connectivity index (χ0) is 12.5. The van der Waals surface area contributed by atoms with Crippen molar-refractivity contribution in [1.29, 1.82) is 0 Å². The molecule has 2 aliphatic rings. The first-order valence-corrected chi connectivity index (χ1v) is 7.07. The number of ether oxygens (including phenoxy) is 1. The number of aryl methyl sites for hydroxylation is 1. The molecular formula is C14H23N3O. The highest BCUT2D eigenvalue weighted by atomic mass is 16.5. The Hall–Kier alpha value is -0.870. The molecule has 1 aromatic heterocycles. The number of rotatable bonds is 5. The van der Waals surface area contributed by atoms with E-state index >= 15 is 0 Å². The van der Waals surface area contributed by atoms with Crippen molar-refractivity contribution in [3.05, 3.63) is 17.5 Å². The summed E-state index contributed by atoms with van der Waals surface area (Å²) >= 11 is 0. The fourth-order valence-corrected chi connectivity index (χ4v) is 3.12. The quantitative estimate of drug-likeness (QED) is 0.798. The summed E-state index contributed by atoms with van der Waals surface area (Å²) in [4.78, 5) is 2.59. The van der Waals surface area contributed by atoms with Crippen LogP contribution in [0.15, 0.2) is 6.20 Å². The van der Waals surface area contributed by atoms with Gasteiger partial charge in [0.15, 0.2) is 0 Å². The van der Waals surface area contributed by atoms with Gasteiger partial charge in [0.05, 0.1) is 12.8 Å². The third kappa shape index (κ3) is 2.31. The summed E-state index contributed by atoms with van der Waals surface area (Å²) in [6.07, 6.45) is 4.90.